The molecule has 0 fully saturated rings. The fraction of sp³-hybridized carbons (Fsp3) is 0.444. The minimum absolute atomic E-state index is 0.165. The second kappa shape index (κ2) is 3.87. The van der Waals surface area contributed by atoms with Crippen LogP contribution in [0.4, 0.5) is 0 Å². The third kappa shape index (κ3) is 1.20. The second-order valence-electron chi connectivity index (χ2n) is 6.72. The van der Waals surface area contributed by atoms with Crippen LogP contribution in [0, 0.1) is 5.92 Å². The third-order valence-corrected chi connectivity index (χ3v) is 5.87. The van der Waals surface area contributed by atoms with Gasteiger partial charge in [-0.1, -0.05) is 18.2 Å². The zero-order valence-electron chi connectivity index (χ0n) is 12.7. The minimum Gasteiger partial charge on any atom is -0.493 e. The summed E-state index contributed by atoms with van der Waals surface area (Å²) in [5.41, 5.74) is 3.58. The maximum absolute atomic E-state index is 10.5. The van der Waals surface area contributed by atoms with Crippen LogP contribution < -0.4 is 9.47 Å². The van der Waals surface area contributed by atoms with E-state index in [1.165, 1.54) is 16.8 Å². The maximum Gasteiger partial charge on any atom is 0.166 e. The van der Waals surface area contributed by atoms with Crippen molar-refractivity contribution in [1.82, 2.24) is 4.90 Å². The van der Waals surface area contributed by atoms with Gasteiger partial charge < -0.3 is 19.5 Å². The van der Waals surface area contributed by atoms with Crippen LogP contribution in [0.3, 0.4) is 0 Å². The molecule has 4 heteroatoms. The van der Waals surface area contributed by atoms with Gasteiger partial charge in [0.25, 0.3) is 0 Å². The number of nitrogens with zero attached hydrogens (tertiary/aromatic N) is 1. The molecule has 4 atom stereocenters. The van der Waals surface area contributed by atoms with E-state index in [0.29, 0.717) is 0 Å². The molecule has 2 aliphatic carbocycles. The van der Waals surface area contributed by atoms with Crippen LogP contribution in [0.25, 0.3) is 5.70 Å². The van der Waals surface area contributed by atoms with Gasteiger partial charge in [0, 0.05) is 36.3 Å². The van der Waals surface area contributed by atoms with Crippen molar-refractivity contribution in [3.63, 3.8) is 0 Å². The van der Waals surface area contributed by atoms with Gasteiger partial charge in [0.2, 0.25) is 0 Å². The van der Waals surface area contributed by atoms with Gasteiger partial charge in [0.15, 0.2) is 11.5 Å². The lowest BCUT2D eigenvalue weighted by molar-refractivity contribution is 0.0102. The maximum atomic E-state index is 10.5. The van der Waals surface area contributed by atoms with Crippen LogP contribution in [-0.2, 0) is 5.41 Å². The number of fused-ring (bicyclic) bond motifs is 2. The SMILES string of the molecule is COc1ccc2c3c1O[C@H]1[C@@H](O)C=C[C@H]4C=C2N(C)CC[C@@]341. The first-order valence-electron chi connectivity index (χ1n) is 7.84. The molecule has 2 bridgehead atoms. The van der Waals surface area contributed by atoms with Crippen LogP contribution in [-0.4, -0.2) is 42.9 Å². The van der Waals surface area contributed by atoms with E-state index in [9.17, 15) is 5.11 Å². The first kappa shape index (κ1) is 12.6. The topological polar surface area (TPSA) is 41.9 Å². The van der Waals surface area contributed by atoms with Crippen LogP contribution in [0.1, 0.15) is 17.5 Å². The molecule has 0 saturated heterocycles. The molecule has 6 rings (SSSR count). The molecule has 22 heavy (non-hydrogen) atoms. The zero-order valence-corrected chi connectivity index (χ0v) is 12.7. The Labute approximate surface area is 129 Å². The summed E-state index contributed by atoms with van der Waals surface area (Å²) in [4.78, 5) is 2.32. The molecule has 1 N–H and O–H groups in total. The van der Waals surface area contributed by atoms with E-state index >= 15 is 0 Å². The number of ether oxygens (including phenoxy) is 2. The largest absolute Gasteiger partial charge is 0.493 e. The summed E-state index contributed by atoms with van der Waals surface area (Å²) in [5, 5.41) is 10.5. The summed E-state index contributed by atoms with van der Waals surface area (Å²) < 4.78 is 11.8. The highest BCUT2D eigenvalue weighted by atomic mass is 16.5. The van der Waals surface area contributed by atoms with Crippen LogP contribution >= 0.6 is 0 Å². The molecule has 0 radical (unpaired) electrons. The van der Waals surface area contributed by atoms with Gasteiger partial charge in [-0.05, 0) is 18.6 Å². The molecule has 0 aromatic heterocycles. The summed E-state index contributed by atoms with van der Waals surface area (Å²) in [6.07, 6.45) is 6.57. The van der Waals surface area contributed by atoms with Crippen molar-refractivity contribution >= 4 is 5.70 Å². The number of hydrogen-bond donors (Lipinski definition) is 1. The number of benzene rings is 1. The number of aliphatic hydroxyl groups excluding tert-OH is 1. The van der Waals surface area contributed by atoms with Crippen LogP contribution in [0.2, 0.25) is 0 Å². The number of aliphatic hydroxyl groups is 1. The van der Waals surface area contributed by atoms with Gasteiger partial charge in [-0.2, -0.15) is 0 Å². The minimum atomic E-state index is -0.570. The van der Waals surface area contributed by atoms with E-state index in [4.69, 9.17) is 9.47 Å². The quantitative estimate of drug-likeness (QED) is 0.804. The highest BCUT2D eigenvalue weighted by molar-refractivity contribution is 5.79. The fourth-order valence-electron chi connectivity index (χ4n) is 4.83. The van der Waals surface area contributed by atoms with E-state index in [-0.39, 0.29) is 17.4 Å². The molecule has 0 unspecified atom stereocenters. The predicted octanol–water partition coefficient (Wildman–Crippen LogP) is 1.93. The number of allylic oxidation sites excluding steroid dienone is 2. The lowest BCUT2D eigenvalue weighted by Crippen LogP contribution is -2.52. The van der Waals surface area contributed by atoms with Crippen molar-refractivity contribution in [3.05, 3.63) is 41.5 Å². The van der Waals surface area contributed by atoms with Gasteiger partial charge in [-0.25, -0.2) is 0 Å². The molecule has 0 saturated carbocycles. The van der Waals surface area contributed by atoms with E-state index in [0.717, 1.165) is 24.5 Å². The summed E-state index contributed by atoms with van der Waals surface area (Å²) in [6.45, 7) is 0.971. The Morgan fingerprint density at radius 1 is 1.36 bits per heavy atom. The molecule has 3 heterocycles. The lowest BCUT2D eigenvalue weighted by Gasteiger charge is -2.43. The molecule has 0 amide bonds. The fourth-order valence-corrected chi connectivity index (χ4v) is 4.83. The summed E-state index contributed by atoms with van der Waals surface area (Å²) in [6, 6.07) is 4.12. The Balaban J connectivity index is 1.89. The smallest absolute Gasteiger partial charge is 0.166 e. The Bertz CT molecular complexity index is 738. The van der Waals surface area contributed by atoms with Crippen LogP contribution in [0.15, 0.2) is 30.4 Å². The summed E-state index contributed by atoms with van der Waals surface area (Å²) in [7, 11) is 3.82. The van der Waals surface area contributed by atoms with Crippen molar-refractivity contribution in [2.45, 2.75) is 24.0 Å². The summed E-state index contributed by atoms with van der Waals surface area (Å²) >= 11 is 0. The molecular weight excluding hydrogens is 278 g/mol. The zero-order chi connectivity index (χ0) is 15.1. The van der Waals surface area contributed by atoms with Crippen LogP contribution in [0.5, 0.6) is 11.5 Å². The van der Waals surface area contributed by atoms with Crippen molar-refractivity contribution in [1.29, 1.82) is 0 Å². The molecule has 4 nitrogen and oxygen atoms in total. The summed E-state index contributed by atoms with van der Waals surface area (Å²) in [5.74, 6) is 1.88. The van der Waals surface area contributed by atoms with E-state index < -0.39 is 6.10 Å². The molecule has 1 spiro atoms. The molecule has 3 aliphatic heterocycles. The van der Waals surface area contributed by atoms with Crippen molar-refractivity contribution < 1.29 is 14.6 Å². The van der Waals surface area contributed by atoms with Gasteiger partial charge in [-0.3, -0.25) is 0 Å². The predicted molar refractivity (Wildman–Crippen MR) is 82.9 cm³/mol. The average molecular weight is 297 g/mol. The van der Waals surface area contributed by atoms with Crippen molar-refractivity contribution in [2.75, 3.05) is 20.7 Å². The number of hydrogen-bond acceptors (Lipinski definition) is 4. The highest BCUT2D eigenvalue weighted by Crippen LogP contribution is 2.62. The standard InChI is InChI=1S/C18H19NO3/c1-19-8-7-18-10-3-5-13(20)17(18)22-16-14(21-2)6-4-11(15(16)18)12(19)9-10/h3-6,9-10,13,17,20H,7-8H2,1-2H3/t10-,13-,17-,18-/m0/s1. The van der Waals surface area contributed by atoms with Gasteiger partial charge in [0.05, 0.1) is 12.5 Å². The molecule has 114 valence electrons. The van der Waals surface area contributed by atoms with Gasteiger partial charge in [0.1, 0.15) is 12.2 Å². The van der Waals surface area contributed by atoms with Crippen molar-refractivity contribution in [2.24, 2.45) is 5.92 Å². The van der Waals surface area contributed by atoms with E-state index in [1.807, 2.05) is 12.1 Å². The second-order valence-corrected chi connectivity index (χ2v) is 6.72. The van der Waals surface area contributed by atoms with Gasteiger partial charge in [-0.15, -0.1) is 0 Å². The lowest BCUT2D eigenvalue weighted by atomic mass is 9.59. The normalized spacial score (nSPS) is 36.6. The highest BCUT2D eigenvalue weighted by Gasteiger charge is 2.61. The molecule has 5 aliphatic rings. The Hall–Kier alpha value is -1.94. The molecule has 1 aromatic carbocycles. The monoisotopic (exact) mass is 297 g/mol. The average Bonchev–Trinajstić information content (AvgIpc) is 2.76. The van der Waals surface area contributed by atoms with E-state index in [2.05, 4.69) is 30.2 Å². The molecule has 1 aromatic rings. The third-order valence-electron chi connectivity index (χ3n) is 5.87. The van der Waals surface area contributed by atoms with E-state index in [1.54, 1.807) is 7.11 Å². The Morgan fingerprint density at radius 2 is 2.23 bits per heavy atom. The Kier molecular flexibility index (Phi) is 2.22. The number of methoxy groups -OCH3 is 1. The Morgan fingerprint density at radius 3 is 3.05 bits per heavy atom. The first-order chi connectivity index (χ1) is 10.7. The first-order valence-corrected chi connectivity index (χ1v) is 7.84. The molecular formula is C18H19NO3. The van der Waals surface area contributed by atoms with Gasteiger partial charge >= 0.3 is 0 Å². The van der Waals surface area contributed by atoms with Crippen molar-refractivity contribution in [3.8, 4) is 11.5 Å². The number of rotatable bonds is 1.